The van der Waals surface area contributed by atoms with Crippen molar-refractivity contribution < 1.29 is 76.2 Å². The predicted octanol–water partition coefficient (Wildman–Crippen LogP) is 1.84. The van der Waals surface area contributed by atoms with Crippen molar-refractivity contribution in [3.8, 4) is 11.5 Å². The molecule has 106 heavy (non-hydrogen) atoms. The van der Waals surface area contributed by atoms with Gasteiger partial charge in [0.1, 0.15) is 47.6 Å². The number of fused-ring (bicyclic) bond motifs is 4. The van der Waals surface area contributed by atoms with Gasteiger partial charge in [-0.15, -0.1) is 12.4 Å². The Balaban J connectivity index is 0.000000978. The molecule has 4 heterocycles. The first-order valence-corrected chi connectivity index (χ1v) is 35.0. The molecule has 12 atom stereocenters. The molecule has 2 aromatic rings. The smallest absolute Gasteiger partial charge is 0.329 e. The largest absolute Gasteiger partial charge is 0.458 e. The molecule has 14 N–H and O–H groups in total. The van der Waals surface area contributed by atoms with Crippen LogP contribution in [0, 0.1) is 61.2 Å². The van der Waals surface area contributed by atoms with Gasteiger partial charge in [-0.05, 0) is 88.7 Å². The summed E-state index contributed by atoms with van der Waals surface area (Å²) in [4.78, 5) is 219. The Morgan fingerprint density at radius 2 is 1.05 bits per heavy atom. The summed E-state index contributed by atoms with van der Waals surface area (Å²) < 4.78 is 18.3. The number of hydrogen-bond donors (Lipinski definition) is 9. The molecule has 34 nitrogen and oxygen atoms in total. The van der Waals surface area contributed by atoms with E-state index >= 15 is 9.59 Å². The number of hydrogen-bond acceptors (Lipinski definition) is 23. The van der Waals surface area contributed by atoms with Gasteiger partial charge in [-0.25, -0.2) is 24.5 Å². The normalized spacial score (nSPS) is 25.0. The topological polar surface area (TPSA) is 513 Å². The van der Waals surface area contributed by atoms with E-state index < -0.39 is 208 Å². The summed E-state index contributed by atoms with van der Waals surface area (Å²) in [5, 5.41) is 10.7. The van der Waals surface area contributed by atoms with Gasteiger partial charge in [0, 0.05) is 57.4 Å². The van der Waals surface area contributed by atoms with Crippen LogP contribution in [-0.4, -0.2) is 207 Å². The number of halogens is 2. The summed E-state index contributed by atoms with van der Waals surface area (Å²) in [7, 11) is 5.66. The molecule has 36 heteroatoms. The minimum atomic E-state index is -1.86. The van der Waals surface area contributed by atoms with Gasteiger partial charge in [0.25, 0.3) is 11.8 Å². The number of benzene rings is 2. The van der Waals surface area contributed by atoms with Crippen molar-refractivity contribution in [2.24, 2.45) is 63.8 Å². The Morgan fingerprint density at radius 1 is 0.613 bits per heavy atom. The van der Waals surface area contributed by atoms with E-state index in [4.69, 9.17) is 59.1 Å². The zero-order chi connectivity index (χ0) is 78.6. The number of anilines is 3. The van der Waals surface area contributed by atoms with Gasteiger partial charge >= 0.3 is 17.8 Å². The van der Waals surface area contributed by atoms with Crippen LogP contribution in [0.25, 0.3) is 22.6 Å². The zero-order valence-electron chi connectivity index (χ0n) is 62.2. The van der Waals surface area contributed by atoms with E-state index in [0.717, 1.165) is 9.80 Å². The third-order valence-corrected chi connectivity index (χ3v) is 20.0. The van der Waals surface area contributed by atoms with Crippen LogP contribution in [-0.2, 0) is 57.4 Å². The molecule has 2 saturated heterocycles. The average Bonchev–Trinajstić information content (AvgIpc) is 0.894. The number of likely N-dealkylation sites (N-methyl/N-ethyl adjacent to an activating group) is 4. The van der Waals surface area contributed by atoms with Crippen molar-refractivity contribution in [2.75, 3.05) is 58.5 Å². The fourth-order valence-electron chi connectivity index (χ4n) is 13.9. The Labute approximate surface area is 623 Å². The van der Waals surface area contributed by atoms with Crippen molar-refractivity contribution in [1.82, 2.24) is 55.8 Å². The number of carbonyl (C=O) groups is 13. The Morgan fingerprint density at radius 3 is 1.47 bits per heavy atom. The number of Topliss-reactive ketones (excluding diaryl/α,β-unsaturated/α-hetero) is 2. The van der Waals surface area contributed by atoms with Crippen LogP contribution < -0.4 is 55.4 Å². The summed E-state index contributed by atoms with van der Waals surface area (Å²) in [6, 6.07) is -5.71. The quantitative estimate of drug-likeness (QED) is 0.0379. The van der Waals surface area contributed by atoms with E-state index in [1.54, 1.807) is 62.3 Å². The molecule has 9 amide bonds. The fourth-order valence-corrected chi connectivity index (χ4v) is 14.1. The van der Waals surface area contributed by atoms with E-state index in [9.17, 15) is 57.5 Å². The predicted molar refractivity (Wildman–Crippen MR) is 391 cm³/mol. The number of aromatic nitrogens is 3. The molecule has 1 aromatic heterocycles. The number of aliphatic imine (C=N–C) groups is 1. The molecule has 8 rings (SSSR count). The first-order valence-electron chi connectivity index (χ1n) is 34.6. The summed E-state index contributed by atoms with van der Waals surface area (Å²) in [5.41, 5.74) is 24.1. The van der Waals surface area contributed by atoms with E-state index in [1.807, 2.05) is 0 Å². The first-order chi connectivity index (χ1) is 49.0. The van der Waals surface area contributed by atoms with Crippen LogP contribution in [0.3, 0.4) is 0 Å². The van der Waals surface area contributed by atoms with Gasteiger partial charge in [-0.1, -0.05) is 85.9 Å². The number of ketones is 2. The molecule has 0 spiro atoms. The van der Waals surface area contributed by atoms with Crippen molar-refractivity contribution in [3.05, 3.63) is 55.5 Å². The average molecular weight is 1520 g/mol. The van der Waals surface area contributed by atoms with Crippen LogP contribution in [0.15, 0.2) is 26.3 Å². The summed E-state index contributed by atoms with van der Waals surface area (Å²) in [6.45, 7) is 18.3. The van der Waals surface area contributed by atoms with Gasteiger partial charge in [0.05, 0.1) is 42.0 Å². The fraction of sp³-hybridized carbons (Fsp3) is 0.571. The van der Waals surface area contributed by atoms with Crippen LogP contribution in [0.1, 0.15) is 150 Å². The number of rotatable bonds is 9. The summed E-state index contributed by atoms with van der Waals surface area (Å²) in [6.07, 6.45) is -0.654. The monoisotopic (exact) mass is 1520 g/mol. The lowest BCUT2D eigenvalue weighted by atomic mass is 9.83. The molecule has 1 aromatic carbocycles. The first kappa shape index (κ1) is 84.8. The van der Waals surface area contributed by atoms with E-state index in [1.165, 1.54) is 70.9 Å². The van der Waals surface area contributed by atoms with Crippen LogP contribution >= 0.6 is 24.0 Å². The van der Waals surface area contributed by atoms with Gasteiger partial charge in [0.2, 0.25) is 40.9 Å². The van der Waals surface area contributed by atoms with E-state index in [-0.39, 0.29) is 68.6 Å². The molecular weight excluding hydrogens is 1420 g/mol. The lowest BCUT2D eigenvalue weighted by Crippen LogP contribution is -2.59. The number of cyclic esters (lactones) is 2. The molecule has 578 valence electrons. The Kier molecular flexibility index (Phi) is 27.9. The number of ether oxygens (including phenoxy) is 2. The SMILES string of the molecule is Cc1c2oc3c(C)ccc(C(=O)NC4C(=O)NC(C(C)C)C(=O)C5CCCC5C(=O)N(C)CC(=O)N(C)C(C(C)C)C(=O)OC4C)c3nc-2c(C(=O)NC2C(=O)NC(C(C)C)C(=O)C3CCCC3C(=O)N(C)CC(=O)N(C)C(C(C)C)C(=O)OC2C)c(N)c1=O.Cl.NC(N)=NC(=O)c1nc(Cl)c(N)nc1N. The van der Waals surface area contributed by atoms with Crippen molar-refractivity contribution in [1.29, 1.82) is 0 Å². The second-order valence-electron chi connectivity index (χ2n) is 28.7. The summed E-state index contributed by atoms with van der Waals surface area (Å²) >= 11 is 5.55. The van der Waals surface area contributed by atoms with Crippen molar-refractivity contribution in [3.63, 3.8) is 0 Å². The number of nitrogen functional groups attached to an aromatic ring is 3. The van der Waals surface area contributed by atoms with E-state index in [2.05, 4.69) is 36.2 Å². The zero-order valence-corrected chi connectivity index (χ0v) is 63.8. The van der Waals surface area contributed by atoms with E-state index in [0.29, 0.717) is 44.1 Å². The third kappa shape index (κ3) is 18.2. The molecule has 3 aliphatic heterocycles. The van der Waals surface area contributed by atoms with Gasteiger partial charge in [-0.3, -0.25) is 57.5 Å². The Hall–Kier alpha value is -10.1. The highest BCUT2D eigenvalue weighted by Gasteiger charge is 2.48. The standard InChI is InChI=1S/C64H88N10O16.C6H8ClN7O.ClH/c1-27(2)44-53(78)35-19-17-21-37(35)61(84)71(13)25-40(75)73(15)50(29(5)6)63(86)88-33(11)46(59(82)67-44)69-57(80)39-24-23-31(9)55-48(39)66-49-42(43(65)52(77)32(10)56(49)90-55)58(81)70-47-34(12)89-64(87)51(30(7)8)74(16)41(76)26-72(14)62(85)38-22-18-20-36(38)54(79)45(28(3)4)68-60(47)83;7-2-4(9)13-3(8)1(12-2)5(15)14-6(10)11;/h23-24,27-30,33-38,44-47,50-51H,17-22,25-26,65H2,1-16H3,(H,67,82)(H,68,83)(H,69,80)(H,70,81);(H4,8,9,13)(H4,10,11,14,15);1H. The number of aryl methyl sites for hydroxylation is 1. The lowest BCUT2D eigenvalue weighted by molar-refractivity contribution is -0.163. The van der Waals surface area contributed by atoms with Crippen LogP contribution in [0.5, 0.6) is 0 Å². The molecule has 6 aliphatic rings. The maximum Gasteiger partial charge on any atom is 0.329 e. The minimum Gasteiger partial charge on any atom is -0.458 e. The number of nitrogens with one attached hydrogen (secondary N) is 4. The highest BCUT2D eigenvalue weighted by Crippen LogP contribution is 2.39. The highest BCUT2D eigenvalue weighted by molar-refractivity contribution is 6.31. The molecule has 2 saturated carbocycles. The number of amides is 9. The summed E-state index contributed by atoms with van der Waals surface area (Å²) in [5.74, 6) is -16.4. The van der Waals surface area contributed by atoms with Crippen molar-refractivity contribution in [2.45, 2.75) is 170 Å². The molecule has 0 radical (unpaired) electrons. The molecule has 12 unspecified atom stereocenters. The number of esters is 2. The molecule has 3 aliphatic carbocycles. The molecular formula is C70H97Cl2N17O17. The number of nitrogens with two attached hydrogens (primary N) is 5. The third-order valence-electron chi connectivity index (χ3n) is 19.7. The minimum absolute atomic E-state index is 0. The van der Waals surface area contributed by atoms with Gasteiger partial charge < -0.3 is 83.4 Å². The van der Waals surface area contributed by atoms with Gasteiger partial charge in [0.15, 0.2) is 51.4 Å². The molecule has 4 fully saturated rings. The number of nitrogens with zero attached hydrogens (tertiary/aromatic N) is 8. The lowest BCUT2D eigenvalue weighted by Gasteiger charge is -2.35. The van der Waals surface area contributed by atoms with Gasteiger partial charge in [-0.2, -0.15) is 4.99 Å². The van der Waals surface area contributed by atoms with Crippen molar-refractivity contribution >= 4 is 135 Å². The maximum absolute atomic E-state index is 15.2. The maximum atomic E-state index is 15.2. The number of guanidine groups is 1. The van der Waals surface area contributed by atoms with Crippen LogP contribution in [0.4, 0.5) is 17.3 Å². The highest BCUT2D eigenvalue weighted by atomic mass is 35.5. The van der Waals surface area contributed by atoms with Crippen LogP contribution in [0.2, 0.25) is 5.15 Å². The number of carbonyl (C=O) groups excluding carboxylic acids is 13. The second kappa shape index (κ2) is 34.9. The Bertz CT molecular complexity index is 4200. The molecule has 0 bridgehead atoms. The second-order valence-corrected chi connectivity index (χ2v) is 29.1.